The van der Waals surface area contributed by atoms with Gasteiger partial charge in [0.2, 0.25) is 0 Å². The Kier molecular flexibility index (Phi) is 2.74. The lowest BCUT2D eigenvalue weighted by molar-refractivity contribution is -0.136. The maximum Gasteiger partial charge on any atom is 0.253 e. The first-order valence-corrected chi connectivity index (χ1v) is 3.84. The summed E-state index contributed by atoms with van der Waals surface area (Å²) in [6.45, 7) is 3.42. The summed E-state index contributed by atoms with van der Waals surface area (Å²) >= 11 is 0. The van der Waals surface area contributed by atoms with E-state index in [1.54, 1.807) is 0 Å². The van der Waals surface area contributed by atoms with Crippen LogP contribution in [-0.4, -0.2) is 29.0 Å². The van der Waals surface area contributed by atoms with Crippen molar-refractivity contribution in [2.45, 2.75) is 6.42 Å². The summed E-state index contributed by atoms with van der Waals surface area (Å²) in [6.07, 6.45) is 3.71. The third-order valence-electron chi connectivity index (χ3n) is 1.71. The monoisotopic (exact) mass is 179 g/mol. The second kappa shape index (κ2) is 3.80. The molecule has 1 heterocycles. The molecule has 1 aliphatic heterocycles. The van der Waals surface area contributed by atoms with Gasteiger partial charge in [-0.15, -0.1) is 0 Å². The van der Waals surface area contributed by atoms with E-state index < -0.39 is 0 Å². The molecular weight excluding hydrogens is 170 g/mol. The van der Waals surface area contributed by atoms with Crippen molar-refractivity contribution in [2.75, 3.05) is 6.54 Å². The van der Waals surface area contributed by atoms with Gasteiger partial charge in [0.1, 0.15) is 0 Å². The van der Waals surface area contributed by atoms with Crippen LogP contribution in [0.15, 0.2) is 24.8 Å². The number of amides is 2. The Morgan fingerprint density at radius 2 is 1.92 bits per heavy atom. The minimum Gasteiger partial charge on any atom is -0.295 e. The zero-order valence-corrected chi connectivity index (χ0v) is 7.03. The van der Waals surface area contributed by atoms with Crippen molar-refractivity contribution in [1.29, 1.82) is 0 Å². The number of hydrogen-bond acceptors (Lipinski definition) is 3. The molecular formula is C9H9NO3. The molecule has 0 N–H and O–H groups in total. The van der Waals surface area contributed by atoms with Gasteiger partial charge in [-0.25, -0.2) is 0 Å². The van der Waals surface area contributed by atoms with E-state index in [4.69, 9.17) is 0 Å². The first-order valence-electron chi connectivity index (χ1n) is 3.84. The van der Waals surface area contributed by atoms with E-state index in [0.29, 0.717) is 0 Å². The molecule has 0 saturated heterocycles. The molecule has 0 aromatic heterocycles. The number of imide groups is 1. The molecule has 2 amide bonds. The average molecular weight is 179 g/mol. The summed E-state index contributed by atoms with van der Waals surface area (Å²) in [5.74, 6) is -0.892. The minimum atomic E-state index is -0.359. The van der Waals surface area contributed by atoms with Crippen molar-refractivity contribution in [3.05, 3.63) is 24.8 Å². The van der Waals surface area contributed by atoms with Gasteiger partial charge in [0.15, 0.2) is 5.78 Å². The molecule has 0 atom stereocenters. The molecule has 0 aromatic rings. The van der Waals surface area contributed by atoms with Gasteiger partial charge in [-0.1, -0.05) is 6.58 Å². The highest BCUT2D eigenvalue weighted by molar-refractivity contribution is 6.13. The van der Waals surface area contributed by atoms with Gasteiger partial charge in [0.25, 0.3) is 11.8 Å². The summed E-state index contributed by atoms with van der Waals surface area (Å²) in [4.78, 5) is 33.8. The predicted molar refractivity (Wildman–Crippen MR) is 45.7 cm³/mol. The first-order chi connectivity index (χ1) is 6.15. The van der Waals surface area contributed by atoms with E-state index in [2.05, 4.69) is 6.58 Å². The average Bonchev–Trinajstić information content (AvgIpc) is 2.43. The SMILES string of the molecule is C=CC(=O)CCN1C(=O)C=CC1=O. The maximum atomic E-state index is 11.0. The molecule has 1 aliphatic rings. The van der Waals surface area contributed by atoms with Crippen LogP contribution in [0.1, 0.15) is 6.42 Å². The summed E-state index contributed by atoms with van der Waals surface area (Å²) in [6, 6.07) is 0. The molecule has 0 spiro atoms. The van der Waals surface area contributed by atoms with Gasteiger partial charge >= 0.3 is 0 Å². The van der Waals surface area contributed by atoms with Gasteiger partial charge in [-0.05, 0) is 6.08 Å². The molecule has 68 valence electrons. The van der Waals surface area contributed by atoms with E-state index in [0.717, 1.165) is 4.90 Å². The van der Waals surface area contributed by atoms with Crippen LogP contribution >= 0.6 is 0 Å². The Balaban J connectivity index is 2.46. The molecule has 0 aromatic carbocycles. The van der Waals surface area contributed by atoms with Crippen molar-refractivity contribution in [1.82, 2.24) is 4.90 Å². The zero-order chi connectivity index (χ0) is 9.84. The van der Waals surface area contributed by atoms with Crippen LogP contribution in [0, 0.1) is 0 Å². The Hall–Kier alpha value is -1.71. The predicted octanol–water partition coefficient (Wildman–Crippen LogP) is 0.0566. The highest BCUT2D eigenvalue weighted by atomic mass is 16.2. The number of carbonyl (C=O) groups excluding carboxylic acids is 3. The fourth-order valence-corrected chi connectivity index (χ4v) is 0.976. The molecule has 0 bridgehead atoms. The smallest absolute Gasteiger partial charge is 0.253 e. The van der Waals surface area contributed by atoms with Crippen molar-refractivity contribution in [3.8, 4) is 0 Å². The number of carbonyl (C=O) groups is 3. The highest BCUT2D eigenvalue weighted by Gasteiger charge is 2.22. The number of rotatable bonds is 4. The van der Waals surface area contributed by atoms with Gasteiger partial charge < -0.3 is 0 Å². The Morgan fingerprint density at radius 1 is 1.38 bits per heavy atom. The van der Waals surface area contributed by atoms with Crippen molar-refractivity contribution >= 4 is 17.6 Å². The van der Waals surface area contributed by atoms with Crippen molar-refractivity contribution in [3.63, 3.8) is 0 Å². The molecule has 0 aliphatic carbocycles. The van der Waals surface area contributed by atoms with Crippen molar-refractivity contribution in [2.24, 2.45) is 0 Å². The van der Waals surface area contributed by atoms with Crippen LogP contribution in [-0.2, 0) is 14.4 Å². The maximum absolute atomic E-state index is 11.0. The number of allylic oxidation sites excluding steroid dienone is 1. The lowest BCUT2D eigenvalue weighted by Gasteiger charge is -2.11. The molecule has 0 saturated carbocycles. The first kappa shape index (κ1) is 9.38. The minimum absolute atomic E-state index is 0.134. The second-order valence-electron chi connectivity index (χ2n) is 2.58. The fraction of sp³-hybridized carbons (Fsp3) is 0.222. The molecule has 0 unspecified atom stereocenters. The Labute approximate surface area is 75.5 Å². The molecule has 0 radical (unpaired) electrons. The van der Waals surface area contributed by atoms with Crippen LogP contribution in [0.5, 0.6) is 0 Å². The third kappa shape index (κ3) is 2.11. The van der Waals surface area contributed by atoms with Gasteiger partial charge in [-0.2, -0.15) is 0 Å². The lowest BCUT2D eigenvalue weighted by Crippen LogP contribution is -2.31. The topological polar surface area (TPSA) is 54.5 Å². The standard InChI is InChI=1S/C9H9NO3/c1-2-7(11)5-6-10-8(12)3-4-9(10)13/h2-4H,1,5-6H2. The fourth-order valence-electron chi connectivity index (χ4n) is 0.976. The van der Waals surface area contributed by atoms with Crippen LogP contribution < -0.4 is 0 Å². The Bertz CT molecular complexity index is 286. The quantitative estimate of drug-likeness (QED) is 0.453. The largest absolute Gasteiger partial charge is 0.295 e. The van der Waals surface area contributed by atoms with Crippen LogP contribution in [0.4, 0.5) is 0 Å². The molecule has 1 rings (SSSR count). The molecule has 13 heavy (non-hydrogen) atoms. The highest BCUT2D eigenvalue weighted by Crippen LogP contribution is 2.04. The second-order valence-corrected chi connectivity index (χ2v) is 2.58. The van der Waals surface area contributed by atoms with E-state index in [-0.39, 0.29) is 30.6 Å². The lowest BCUT2D eigenvalue weighted by atomic mass is 10.2. The Morgan fingerprint density at radius 3 is 2.38 bits per heavy atom. The normalized spacial score (nSPS) is 15.2. The van der Waals surface area contributed by atoms with Crippen LogP contribution in [0.3, 0.4) is 0 Å². The van der Waals surface area contributed by atoms with E-state index in [1.165, 1.54) is 18.2 Å². The van der Waals surface area contributed by atoms with Crippen LogP contribution in [0.2, 0.25) is 0 Å². The zero-order valence-electron chi connectivity index (χ0n) is 7.03. The van der Waals surface area contributed by atoms with Gasteiger partial charge in [0.05, 0.1) is 0 Å². The van der Waals surface area contributed by atoms with E-state index in [1.807, 2.05) is 0 Å². The molecule has 4 nitrogen and oxygen atoms in total. The summed E-state index contributed by atoms with van der Waals surface area (Å²) < 4.78 is 0. The van der Waals surface area contributed by atoms with Crippen LogP contribution in [0.25, 0.3) is 0 Å². The van der Waals surface area contributed by atoms with Gasteiger partial charge in [0, 0.05) is 25.1 Å². The van der Waals surface area contributed by atoms with Gasteiger partial charge in [-0.3, -0.25) is 19.3 Å². The summed E-state index contributed by atoms with van der Waals surface area (Å²) in [5, 5.41) is 0. The third-order valence-corrected chi connectivity index (χ3v) is 1.71. The van der Waals surface area contributed by atoms with E-state index >= 15 is 0 Å². The molecule has 4 heteroatoms. The number of nitrogens with zero attached hydrogens (tertiary/aromatic N) is 1. The summed E-state index contributed by atoms with van der Waals surface area (Å²) in [7, 11) is 0. The summed E-state index contributed by atoms with van der Waals surface area (Å²) in [5.41, 5.74) is 0. The number of hydrogen-bond donors (Lipinski definition) is 0. The number of ketones is 1. The molecule has 0 fully saturated rings. The van der Waals surface area contributed by atoms with E-state index in [9.17, 15) is 14.4 Å². The van der Waals surface area contributed by atoms with Crippen molar-refractivity contribution < 1.29 is 14.4 Å².